The first-order chi connectivity index (χ1) is 7.79. The van der Waals surface area contributed by atoms with Gasteiger partial charge in [-0.25, -0.2) is 0 Å². The van der Waals surface area contributed by atoms with E-state index in [1.807, 2.05) is 19.1 Å². The lowest BCUT2D eigenvalue weighted by Crippen LogP contribution is -2.03. The molecule has 0 atom stereocenters. The summed E-state index contributed by atoms with van der Waals surface area (Å²) in [6.07, 6.45) is 2.73. The number of hydrogen-bond donors (Lipinski definition) is 0. The Bertz CT molecular complexity index is 334. The van der Waals surface area contributed by atoms with Crippen LogP contribution in [0.4, 0.5) is 0 Å². The van der Waals surface area contributed by atoms with Crippen LogP contribution < -0.4 is 4.74 Å². The Labute approximate surface area is 96.4 Å². The zero-order valence-electron chi connectivity index (χ0n) is 9.86. The molecule has 0 unspecified atom stereocenters. The van der Waals surface area contributed by atoms with Gasteiger partial charge in [-0.1, -0.05) is 12.1 Å². The summed E-state index contributed by atoms with van der Waals surface area (Å²) in [5, 5.41) is 0. The molecule has 0 heterocycles. The van der Waals surface area contributed by atoms with E-state index >= 15 is 0 Å². The first-order valence-corrected chi connectivity index (χ1v) is 5.46. The number of hydrogen-bond acceptors (Lipinski definition) is 3. The third-order valence-electron chi connectivity index (χ3n) is 2.36. The van der Waals surface area contributed by atoms with E-state index in [0.717, 1.165) is 31.3 Å². The molecule has 1 aromatic carbocycles. The fourth-order valence-electron chi connectivity index (χ4n) is 1.49. The van der Waals surface area contributed by atoms with Gasteiger partial charge in [0.1, 0.15) is 5.75 Å². The zero-order valence-corrected chi connectivity index (χ0v) is 9.86. The van der Waals surface area contributed by atoms with E-state index in [1.54, 1.807) is 13.2 Å². The van der Waals surface area contributed by atoms with Crippen LogP contribution in [0.2, 0.25) is 0 Å². The third-order valence-corrected chi connectivity index (χ3v) is 2.36. The van der Waals surface area contributed by atoms with Gasteiger partial charge in [0, 0.05) is 13.7 Å². The van der Waals surface area contributed by atoms with Gasteiger partial charge in [-0.2, -0.15) is 0 Å². The van der Waals surface area contributed by atoms with Crippen LogP contribution in [0.1, 0.15) is 28.8 Å². The van der Waals surface area contributed by atoms with Crippen molar-refractivity contribution in [2.45, 2.75) is 19.8 Å². The molecule has 0 amide bonds. The van der Waals surface area contributed by atoms with Crippen LogP contribution in [0.25, 0.3) is 0 Å². The second-order valence-corrected chi connectivity index (χ2v) is 3.66. The number of benzene rings is 1. The second-order valence-electron chi connectivity index (χ2n) is 3.66. The van der Waals surface area contributed by atoms with E-state index in [2.05, 4.69) is 0 Å². The molecular formula is C13H18O3. The SMILES string of the molecule is COCCCCOc1c(C)cccc1C=O. The molecule has 88 valence electrons. The summed E-state index contributed by atoms with van der Waals surface area (Å²) in [6, 6.07) is 5.57. The monoisotopic (exact) mass is 222 g/mol. The van der Waals surface area contributed by atoms with Gasteiger partial charge in [-0.05, 0) is 31.4 Å². The van der Waals surface area contributed by atoms with Crippen LogP contribution in [-0.4, -0.2) is 26.6 Å². The first-order valence-electron chi connectivity index (χ1n) is 5.46. The van der Waals surface area contributed by atoms with Gasteiger partial charge in [0.25, 0.3) is 0 Å². The number of aldehydes is 1. The van der Waals surface area contributed by atoms with Crippen molar-refractivity contribution < 1.29 is 14.3 Å². The highest BCUT2D eigenvalue weighted by atomic mass is 16.5. The molecule has 16 heavy (non-hydrogen) atoms. The Hall–Kier alpha value is -1.35. The van der Waals surface area contributed by atoms with Crippen LogP contribution in [0.5, 0.6) is 5.75 Å². The molecule has 3 heteroatoms. The Morgan fingerprint density at radius 3 is 2.69 bits per heavy atom. The number of para-hydroxylation sites is 1. The van der Waals surface area contributed by atoms with Crippen LogP contribution in [0, 0.1) is 6.92 Å². The number of aryl methyl sites for hydroxylation is 1. The minimum absolute atomic E-state index is 0.617. The highest BCUT2D eigenvalue weighted by Gasteiger charge is 2.05. The maximum Gasteiger partial charge on any atom is 0.153 e. The standard InChI is InChI=1S/C13H18O3/c1-11-6-5-7-12(10-14)13(11)16-9-4-3-8-15-2/h5-7,10H,3-4,8-9H2,1-2H3. The highest BCUT2D eigenvalue weighted by Crippen LogP contribution is 2.21. The minimum Gasteiger partial charge on any atom is -0.493 e. The molecule has 0 spiro atoms. The summed E-state index contributed by atoms with van der Waals surface area (Å²) in [5.41, 5.74) is 1.61. The zero-order chi connectivity index (χ0) is 11.8. The van der Waals surface area contributed by atoms with Crippen molar-refractivity contribution in [3.05, 3.63) is 29.3 Å². The molecule has 0 aliphatic carbocycles. The van der Waals surface area contributed by atoms with Gasteiger partial charge < -0.3 is 9.47 Å². The van der Waals surface area contributed by atoms with Gasteiger partial charge in [0.15, 0.2) is 6.29 Å². The van der Waals surface area contributed by atoms with E-state index < -0.39 is 0 Å². The Balaban J connectivity index is 2.49. The maximum absolute atomic E-state index is 10.8. The average Bonchev–Trinajstić information content (AvgIpc) is 2.30. The number of ether oxygens (including phenoxy) is 2. The molecule has 1 aromatic rings. The number of unbranched alkanes of at least 4 members (excludes halogenated alkanes) is 1. The normalized spacial score (nSPS) is 10.1. The number of carbonyl (C=O) groups excluding carboxylic acids is 1. The molecule has 0 aliphatic rings. The second kappa shape index (κ2) is 7.01. The van der Waals surface area contributed by atoms with Crippen molar-refractivity contribution in [2.75, 3.05) is 20.3 Å². The molecule has 0 bridgehead atoms. The predicted molar refractivity (Wildman–Crippen MR) is 63.2 cm³/mol. The van der Waals surface area contributed by atoms with E-state index in [1.165, 1.54) is 0 Å². The molecule has 0 fully saturated rings. The van der Waals surface area contributed by atoms with Crippen LogP contribution in [0.3, 0.4) is 0 Å². The van der Waals surface area contributed by atoms with E-state index in [-0.39, 0.29) is 0 Å². The number of methoxy groups -OCH3 is 1. The van der Waals surface area contributed by atoms with E-state index in [4.69, 9.17) is 9.47 Å². The summed E-state index contributed by atoms with van der Waals surface area (Å²) < 4.78 is 10.6. The number of rotatable bonds is 7. The molecule has 1 rings (SSSR count). The summed E-state index contributed by atoms with van der Waals surface area (Å²) in [6.45, 7) is 3.31. The molecule has 0 radical (unpaired) electrons. The fraction of sp³-hybridized carbons (Fsp3) is 0.462. The van der Waals surface area contributed by atoms with Crippen molar-refractivity contribution >= 4 is 6.29 Å². The molecule has 0 saturated carbocycles. The molecule has 3 nitrogen and oxygen atoms in total. The molecule has 0 saturated heterocycles. The van der Waals surface area contributed by atoms with Crippen molar-refractivity contribution in [3.8, 4) is 5.75 Å². The summed E-state index contributed by atoms with van der Waals surface area (Å²) in [4.78, 5) is 10.8. The average molecular weight is 222 g/mol. The highest BCUT2D eigenvalue weighted by molar-refractivity contribution is 5.80. The van der Waals surface area contributed by atoms with Crippen molar-refractivity contribution in [3.63, 3.8) is 0 Å². The molecule has 0 aliphatic heterocycles. The van der Waals surface area contributed by atoms with Gasteiger partial charge in [-0.3, -0.25) is 4.79 Å². The lowest BCUT2D eigenvalue weighted by molar-refractivity contribution is 0.111. The largest absolute Gasteiger partial charge is 0.493 e. The van der Waals surface area contributed by atoms with Crippen LogP contribution in [-0.2, 0) is 4.74 Å². The van der Waals surface area contributed by atoms with Gasteiger partial charge in [0.05, 0.1) is 12.2 Å². The Morgan fingerprint density at radius 1 is 1.25 bits per heavy atom. The smallest absolute Gasteiger partial charge is 0.153 e. The predicted octanol–water partition coefficient (Wildman–Crippen LogP) is 2.61. The van der Waals surface area contributed by atoms with Gasteiger partial charge in [-0.15, -0.1) is 0 Å². The van der Waals surface area contributed by atoms with Crippen LogP contribution in [0.15, 0.2) is 18.2 Å². The maximum atomic E-state index is 10.8. The van der Waals surface area contributed by atoms with Crippen LogP contribution >= 0.6 is 0 Å². The van der Waals surface area contributed by atoms with Crippen molar-refractivity contribution in [1.29, 1.82) is 0 Å². The molecule has 0 aromatic heterocycles. The Kier molecular flexibility index (Phi) is 5.57. The number of carbonyl (C=O) groups is 1. The summed E-state index contributed by atoms with van der Waals surface area (Å²) >= 11 is 0. The third kappa shape index (κ3) is 3.66. The fourth-order valence-corrected chi connectivity index (χ4v) is 1.49. The first kappa shape index (κ1) is 12.7. The summed E-state index contributed by atoms with van der Waals surface area (Å²) in [5.74, 6) is 0.704. The van der Waals surface area contributed by atoms with Gasteiger partial charge in [0.2, 0.25) is 0 Å². The lowest BCUT2D eigenvalue weighted by atomic mass is 10.1. The minimum atomic E-state index is 0.617. The summed E-state index contributed by atoms with van der Waals surface area (Å²) in [7, 11) is 1.69. The molecule has 0 N–H and O–H groups in total. The van der Waals surface area contributed by atoms with E-state index in [9.17, 15) is 4.79 Å². The van der Waals surface area contributed by atoms with E-state index in [0.29, 0.717) is 17.9 Å². The topological polar surface area (TPSA) is 35.5 Å². The van der Waals surface area contributed by atoms with Crippen molar-refractivity contribution in [2.24, 2.45) is 0 Å². The van der Waals surface area contributed by atoms with Crippen molar-refractivity contribution in [1.82, 2.24) is 0 Å². The molecular weight excluding hydrogens is 204 g/mol. The lowest BCUT2D eigenvalue weighted by Gasteiger charge is -2.10. The Morgan fingerprint density at radius 2 is 2.00 bits per heavy atom. The quantitative estimate of drug-likeness (QED) is 0.525. The van der Waals surface area contributed by atoms with Gasteiger partial charge >= 0.3 is 0 Å².